The fourth-order valence-electron chi connectivity index (χ4n) is 2.06. The lowest BCUT2D eigenvalue weighted by atomic mass is 10.1. The highest BCUT2D eigenvalue weighted by atomic mass is 15.2. The van der Waals surface area contributed by atoms with Crippen LogP contribution in [0, 0.1) is 0 Å². The molecule has 2 rings (SSSR count). The molecule has 1 N–H and O–H groups in total. The van der Waals surface area contributed by atoms with Gasteiger partial charge in [-0.3, -0.25) is 0 Å². The lowest BCUT2D eigenvalue weighted by Crippen LogP contribution is -2.06. The van der Waals surface area contributed by atoms with Crippen molar-refractivity contribution in [3.8, 4) is 0 Å². The molecule has 0 unspecified atom stereocenters. The van der Waals surface area contributed by atoms with Crippen molar-refractivity contribution in [2.75, 3.05) is 11.9 Å². The van der Waals surface area contributed by atoms with E-state index < -0.39 is 0 Å². The first-order valence-electron chi connectivity index (χ1n) is 7.23. The van der Waals surface area contributed by atoms with E-state index >= 15 is 0 Å². The van der Waals surface area contributed by atoms with Crippen LogP contribution in [0.15, 0.2) is 24.3 Å². The Kier molecular flexibility index (Phi) is 5.53. The summed E-state index contributed by atoms with van der Waals surface area (Å²) in [5.74, 6) is 0.632. The Morgan fingerprint density at radius 3 is 2.47 bits per heavy atom. The van der Waals surface area contributed by atoms with Crippen molar-refractivity contribution >= 4 is 17.0 Å². The average molecular weight is 258 g/mol. The number of benzene rings is 1. The van der Waals surface area contributed by atoms with Crippen LogP contribution < -0.4 is 5.32 Å². The number of hydrogen-bond acceptors (Lipinski definition) is 4. The number of anilines is 1. The zero-order valence-electron chi connectivity index (χ0n) is 11.6. The minimum absolute atomic E-state index is 0.632. The molecule has 4 heteroatoms. The molecule has 2 aromatic rings. The summed E-state index contributed by atoms with van der Waals surface area (Å²) in [7, 11) is 0. The second kappa shape index (κ2) is 7.67. The van der Waals surface area contributed by atoms with Gasteiger partial charge in [0.2, 0.25) is 5.95 Å². The number of rotatable bonds is 8. The summed E-state index contributed by atoms with van der Waals surface area (Å²) >= 11 is 0. The van der Waals surface area contributed by atoms with Gasteiger partial charge < -0.3 is 5.32 Å². The maximum absolute atomic E-state index is 4.44. The molecule has 1 heterocycles. The number of fused-ring (bicyclic) bond motifs is 1. The second-order valence-electron chi connectivity index (χ2n) is 4.82. The Bertz CT molecular complexity index is 498. The van der Waals surface area contributed by atoms with E-state index in [-0.39, 0.29) is 0 Å². The number of aromatic nitrogens is 3. The van der Waals surface area contributed by atoms with Gasteiger partial charge in [-0.05, 0) is 18.6 Å². The van der Waals surface area contributed by atoms with Gasteiger partial charge in [0.05, 0.1) is 5.52 Å². The fraction of sp³-hybridized carbons (Fsp3) is 0.533. The summed E-state index contributed by atoms with van der Waals surface area (Å²) < 4.78 is 0. The third-order valence-electron chi connectivity index (χ3n) is 3.17. The minimum Gasteiger partial charge on any atom is -0.353 e. The van der Waals surface area contributed by atoms with Gasteiger partial charge in [-0.15, -0.1) is 10.2 Å². The van der Waals surface area contributed by atoms with E-state index in [4.69, 9.17) is 0 Å². The van der Waals surface area contributed by atoms with E-state index in [1.165, 1.54) is 38.5 Å². The van der Waals surface area contributed by atoms with Crippen molar-refractivity contribution < 1.29 is 0 Å². The normalized spacial score (nSPS) is 10.8. The average Bonchev–Trinajstić information content (AvgIpc) is 2.46. The van der Waals surface area contributed by atoms with E-state index in [2.05, 4.69) is 27.4 Å². The van der Waals surface area contributed by atoms with Crippen molar-refractivity contribution in [2.45, 2.75) is 45.4 Å². The first-order chi connectivity index (χ1) is 9.40. The van der Waals surface area contributed by atoms with E-state index in [1.54, 1.807) is 0 Å². The van der Waals surface area contributed by atoms with Crippen LogP contribution in [0.5, 0.6) is 0 Å². The highest BCUT2D eigenvalue weighted by molar-refractivity contribution is 5.73. The van der Waals surface area contributed by atoms with Crippen LogP contribution in [0.2, 0.25) is 0 Å². The summed E-state index contributed by atoms with van der Waals surface area (Å²) in [5.41, 5.74) is 1.73. The van der Waals surface area contributed by atoms with Crippen LogP contribution >= 0.6 is 0 Å². The summed E-state index contributed by atoms with van der Waals surface area (Å²) in [5, 5.41) is 11.5. The predicted octanol–water partition coefficient (Wildman–Crippen LogP) is 3.80. The smallest absolute Gasteiger partial charge is 0.243 e. The molecule has 0 aliphatic heterocycles. The zero-order chi connectivity index (χ0) is 13.3. The number of hydrogen-bond donors (Lipinski definition) is 1. The third kappa shape index (κ3) is 4.47. The molecule has 102 valence electrons. The van der Waals surface area contributed by atoms with Gasteiger partial charge in [0.1, 0.15) is 5.52 Å². The molecule has 0 aliphatic carbocycles. The molecule has 0 aliphatic rings. The highest BCUT2D eigenvalue weighted by Crippen LogP contribution is 2.09. The van der Waals surface area contributed by atoms with Crippen LogP contribution in [0.4, 0.5) is 5.95 Å². The summed E-state index contributed by atoms with van der Waals surface area (Å²) in [6.45, 7) is 3.16. The Morgan fingerprint density at radius 2 is 1.63 bits per heavy atom. The number of nitrogens with zero attached hydrogens (tertiary/aromatic N) is 3. The molecule has 0 atom stereocenters. The third-order valence-corrected chi connectivity index (χ3v) is 3.17. The van der Waals surface area contributed by atoms with Crippen LogP contribution in [0.1, 0.15) is 45.4 Å². The number of nitrogens with one attached hydrogen (secondary N) is 1. The maximum atomic E-state index is 4.44. The van der Waals surface area contributed by atoms with Gasteiger partial charge in [0, 0.05) is 6.54 Å². The quantitative estimate of drug-likeness (QED) is 0.732. The number of para-hydroxylation sites is 1. The van der Waals surface area contributed by atoms with Crippen molar-refractivity contribution in [1.82, 2.24) is 15.2 Å². The van der Waals surface area contributed by atoms with Gasteiger partial charge >= 0.3 is 0 Å². The Labute approximate surface area is 114 Å². The number of unbranched alkanes of at least 4 members (excludes halogenated alkanes) is 5. The summed E-state index contributed by atoms with van der Waals surface area (Å²) in [6, 6.07) is 7.80. The zero-order valence-corrected chi connectivity index (χ0v) is 11.6. The molecule has 4 nitrogen and oxygen atoms in total. The Hall–Kier alpha value is -1.71. The fourth-order valence-corrected chi connectivity index (χ4v) is 2.06. The van der Waals surface area contributed by atoms with E-state index in [0.717, 1.165) is 17.6 Å². The SMILES string of the molecule is CCCCCCCCNc1nnc2ccccc2n1. The van der Waals surface area contributed by atoms with Crippen molar-refractivity contribution in [2.24, 2.45) is 0 Å². The minimum atomic E-state index is 0.632. The molecule has 0 saturated carbocycles. The first kappa shape index (κ1) is 13.7. The molecular formula is C15H22N4. The predicted molar refractivity (Wildman–Crippen MR) is 79.2 cm³/mol. The Morgan fingerprint density at radius 1 is 0.895 bits per heavy atom. The molecule has 1 aromatic heterocycles. The van der Waals surface area contributed by atoms with Gasteiger partial charge in [-0.1, -0.05) is 51.2 Å². The second-order valence-corrected chi connectivity index (χ2v) is 4.82. The highest BCUT2D eigenvalue weighted by Gasteiger charge is 1.99. The van der Waals surface area contributed by atoms with Crippen LogP contribution in [0.25, 0.3) is 11.0 Å². The molecule has 0 amide bonds. The van der Waals surface area contributed by atoms with Crippen molar-refractivity contribution in [3.05, 3.63) is 24.3 Å². The summed E-state index contributed by atoms with van der Waals surface area (Å²) in [6.07, 6.45) is 7.77. The topological polar surface area (TPSA) is 50.7 Å². The van der Waals surface area contributed by atoms with E-state index in [0.29, 0.717) is 5.95 Å². The molecule has 0 fully saturated rings. The van der Waals surface area contributed by atoms with Crippen LogP contribution in [0.3, 0.4) is 0 Å². The molecule has 0 saturated heterocycles. The molecule has 19 heavy (non-hydrogen) atoms. The maximum Gasteiger partial charge on any atom is 0.243 e. The summed E-state index contributed by atoms with van der Waals surface area (Å²) in [4.78, 5) is 4.44. The standard InChI is InChI=1S/C15H22N4/c1-2-3-4-5-6-9-12-16-15-17-13-10-7-8-11-14(13)18-19-15/h7-8,10-11H,2-6,9,12H2,1H3,(H,16,17,19). The van der Waals surface area contributed by atoms with E-state index in [1.807, 2.05) is 24.3 Å². The van der Waals surface area contributed by atoms with Crippen molar-refractivity contribution in [1.29, 1.82) is 0 Å². The van der Waals surface area contributed by atoms with Gasteiger partial charge in [-0.2, -0.15) is 0 Å². The van der Waals surface area contributed by atoms with E-state index in [9.17, 15) is 0 Å². The lowest BCUT2D eigenvalue weighted by Gasteiger charge is -2.04. The molecule has 0 radical (unpaired) electrons. The largest absolute Gasteiger partial charge is 0.353 e. The Balaban J connectivity index is 1.72. The molecular weight excluding hydrogens is 236 g/mol. The van der Waals surface area contributed by atoms with Crippen LogP contribution in [-0.4, -0.2) is 21.7 Å². The lowest BCUT2D eigenvalue weighted by molar-refractivity contribution is 0.616. The van der Waals surface area contributed by atoms with Gasteiger partial charge in [0.25, 0.3) is 0 Å². The molecule has 1 aromatic carbocycles. The van der Waals surface area contributed by atoms with Gasteiger partial charge in [0.15, 0.2) is 0 Å². The first-order valence-corrected chi connectivity index (χ1v) is 7.23. The monoisotopic (exact) mass is 258 g/mol. The van der Waals surface area contributed by atoms with Crippen molar-refractivity contribution in [3.63, 3.8) is 0 Å². The molecule has 0 spiro atoms. The molecule has 0 bridgehead atoms. The van der Waals surface area contributed by atoms with Gasteiger partial charge in [-0.25, -0.2) is 4.98 Å². The van der Waals surface area contributed by atoms with Crippen LogP contribution in [-0.2, 0) is 0 Å².